The summed E-state index contributed by atoms with van der Waals surface area (Å²) in [6.07, 6.45) is 1.70. The highest BCUT2D eigenvalue weighted by Crippen LogP contribution is 2.27. The van der Waals surface area contributed by atoms with Crippen LogP contribution in [-0.2, 0) is 4.79 Å². The lowest BCUT2D eigenvalue weighted by Crippen LogP contribution is -2.23. The fourth-order valence-electron chi connectivity index (χ4n) is 2.23. The van der Waals surface area contributed by atoms with Crippen molar-refractivity contribution < 1.29 is 4.79 Å². The van der Waals surface area contributed by atoms with E-state index in [9.17, 15) is 4.79 Å². The Morgan fingerprint density at radius 2 is 1.87 bits per heavy atom. The molecule has 5 nitrogen and oxygen atoms in total. The Morgan fingerprint density at radius 3 is 2.52 bits per heavy atom. The summed E-state index contributed by atoms with van der Waals surface area (Å²) in [5.74, 6) is 0.333. The number of amides is 1. The van der Waals surface area contributed by atoms with Crippen LogP contribution in [0.2, 0.25) is 0 Å². The molecule has 1 unspecified atom stereocenters. The van der Waals surface area contributed by atoms with Crippen LogP contribution in [-0.4, -0.2) is 25.9 Å². The predicted octanol–water partition coefficient (Wildman–Crippen LogP) is 4.10. The SMILES string of the molecule is CC(Sc1nncn1C(C)C)C(=O)Nc1ccccc1C(C)C. The van der Waals surface area contributed by atoms with E-state index in [1.165, 1.54) is 11.8 Å². The van der Waals surface area contributed by atoms with Gasteiger partial charge in [-0.1, -0.05) is 43.8 Å². The molecule has 23 heavy (non-hydrogen) atoms. The van der Waals surface area contributed by atoms with E-state index in [0.29, 0.717) is 5.92 Å². The molecule has 0 fully saturated rings. The number of nitrogens with zero attached hydrogens (tertiary/aromatic N) is 3. The van der Waals surface area contributed by atoms with E-state index in [-0.39, 0.29) is 17.2 Å². The third-order valence-electron chi connectivity index (χ3n) is 3.59. The lowest BCUT2D eigenvalue weighted by molar-refractivity contribution is -0.115. The molecule has 2 rings (SSSR count). The minimum atomic E-state index is -0.253. The van der Waals surface area contributed by atoms with E-state index in [0.717, 1.165) is 16.4 Å². The molecule has 1 atom stereocenters. The topological polar surface area (TPSA) is 59.8 Å². The lowest BCUT2D eigenvalue weighted by atomic mass is 10.0. The number of carbonyl (C=O) groups excluding carboxylic acids is 1. The van der Waals surface area contributed by atoms with Gasteiger partial charge in [-0.15, -0.1) is 10.2 Å². The van der Waals surface area contributed by atoms with Gasteiger partial charge in [-0.3, -0.25) is 4.79 Å². The first-order valence-corrected chi connectivity index (χ1v) is 8.74. The second-order valence-corrected chi connectivity index (χ2v) is 7.41. The number of benzene rings is 1. The largest absolute Gasteiger partial charge is 0.325 e. The van der Waals surface area contributed by atoms with Gasteiger partial charge in [0.2, 0.25) is 5.91 Å². The van der Waals surface area contributed by atoms with E-state index >= 15 is 0 Å². The maximum Gasteiger partial charge on any atom is 0.237 e. The number of hydrogen-bond donors (Lipinski definition) is 1. The molecule has 0 bridgehead atoms. The van der Waals surface area contributed by atoms with Crippen molar-refractivity contribution in [1.29, 1.82) is 0 Å². The van der Waals surface area contributed by atoms with Gasteiger partial charge in [0.15, 0.2) is 5.16 Å². The van der Waals surface area contributed by atoms with Crippen molar-refractivity contribution in [3.63, 3.8) is 0 Å². The monoisotopic (exact) mass is 332 g/mol. The van der Waals surface area contributed by atoms with Crippen molar-refractivity contribution >= 4 is 23.4 Å². The van der Waals surface area contributed by atoms with Crippen molar-refractivity contribution in [2.75, 3.05) is 5.32 Å². The zero-order valence-corrected chi connectivity index (χ0v) is 15.1. The maximum atomic E-state index is 12.5. The van der Waals surface area contributed by atoms with E-state index < -0.39 is 0 Å². The van der Waals surface area contributed by atoms with Gasteiger partial charge in [-0.2, -0.15) is 0 Å². The fourth-order valence-corrected chi connectivity index (χ4v) is 3.19. The Bertz CT molecular complexity index is 666. The van der Waals surface area contributed by atoms with Crippen LogP contribution in [0.1, 0.15) is 52.1 Å². The molecule has 6 heteroatoms. The fraction of sp³-hybridized carbons (Fsp3) is 0.471. The third-order valence-corrected chi connectivity index (χ3v) is 4.66. The predicted molar refractivity (Wildman–Crippen MR) is 94.9 cm³/mol. The second kappa shape index (κ2) is 7.64. The van der Waals surface area contributed by atoms with Crippen molar-refractivity contribution in [2.24, 2.45) is 0 Å². The third kappa shape index (κ3) is 4.34. The molecule has 1 aromatic carbocycles. The van der Waals surface area contributed by atoms with Gasteiger partial charge < -0.3 is 9.88 Å². The molecule has 124 valence electrons. The van der Waals surface area contributed by atoms with Gasteiger partial charge in [0.25, 0.3) is 0 Å². The number of carbonyl (C=O) groups is 1. The highest BCUT2D eigenvalue weighted by molar-refractivity contribution is 8.00. The molecule has 0 radical (unpaired) electrons. The Labute approximate surface area is 141 Å². The van der Waals surface area contributed by atoms with E-state index in [1.807, 2.05) is 35.8 Å². The van der Waals surface area contributed by atoms with Gasteiger partial charge in [0, 0.05) is 11.7 Å². The van der Waals surface area contributed by atoms with Crippen LogP contribution >= 0.6 is 11.8 Å². The van der Waals surface area contributed by atoms with E-state index in [4.69, 9.17) is 0 Å². The number of thioether (sulfide) groups is 1. The van der Waals surface area contributed by atoms with Gasteiger partial charge in [0.1, 0.15) is 6.33 Å². The summed E-state index contributed by atoms with van der Waals surface area (Å²) in [5, 5.41) is 11.6. The van der Waals surface area contributed by atoms with Crippen LogP contribution in [0.25, 0.3) is 0 Å². The minimum absolute atomic E-state index is 0.0265. The molecular formula is C17H24N4OS. The average molecular weight is 332 g/mol. The van der Waals surface area contributed by atoms with Crippen molar-refractivity contribution in [2.45, 2.75) is 57.0 Å². The number of aromatic nitrogens is 3. The molecule has 1 amide bonds. The number of rotatable bonds is 6. The number of para-hydroxylation sites is 1. The van der Waals surface area contributed by atoms with E-state index in [2.05, 4.69) is 43.2 Å². The maximum absolute atomic E-state index is 12.5. The zero-order chi connectivity index (χ0) is 17.0. The van der Waals surface area contributed by atoms with Crippen LogP contribution < -0.4 is 5.32 Å². The molecule has 0 aliphatic rings. The van der Waals surface area contributed by atoms with Crippen LogP contribution in [0.15, 0.2) is 35.7 Å². The van der Waals surface area contributed by atoms with E-state index in [1.54, 1.807) is 6.33 Å². The summed E-state index contributed by atoms with van der Waals surface area (Å²) < 4.78 is 1.97. The quantitative estimate of drug-likeness (QED) is 0.809. The summed E-state index contributed by atoms with van der Waals surface area (Å²) in [4.78, 5) is 12.5. The summed E-state index contributed by atoms with van der Waals surface area (Å²) in [6, 6.07) is 8.20. The smallest absolute Gasteiger partial charge is 0.237 e. The van der Waals surface area contributed by atoms with Gasteiger partial charge in [-0.25, -0.2) is 0 Å². The number of nitrogens with one attached hydrogen (secondary N) is 1. The molecule has 1 heterocycles. The molecule has 0 spiro atoms. The summed E-state index contributed by atoms with van der Waals surface area (Å²) >= 11 is 1.42. The Kier molecular flexibility index (Phi) is 5.82. The van der Waals surface area contributed by atoms with Gasteiger partial charge in [0.05, 0.1) is 5.25 Å². The molecule has 2 aromatic rings. The van der Waals surface area contributed by atoms with Crippen molar-refractivity contribution in [1.82, 2.24) is 14.8 Å². The normalized spacial score (nSPS) is 12.7. The number of anilines is 1. The molecule has 0 aliphatic carbocycles. The van der Waals surface area contributed by atoms with Gasteiger partial charge in [-0.05, 0) is 38.3 Å². The summed E-state index contributed by atoms with van der Waals surface area (Å²) in [5.41, 5.74) is 2.02. The Balaban J connectivity index is 2.07. The van der Waals surface area contributed by atoms with Crippen LogP contribution in [0.5, 0.6) is 0 Å². The van der Waals surface area contributed by atoms with Crippen LogP contribution in [0.3, 0.4) is 0 Å². The summed E-state index contributed by atoms with van der Waals surface area (Å²) in [6.45, 7) is 10.3. The lowest BCUT2D eigenvalue weighted by Gasteiger charge is -2.17. The molecule has 0 saturated heterocycles. The highest BCUT2D eigenvalue weighted by atomic mass is 32.2. The summed E-state index contributed by atoms with van der Waals surface area (Å²) in [7, 11) is 0. The van der Waals surface area contributed by atoms with Gasteiger partial charge >= 0.3 is 0 Å². The first kappa shape index (κ1) is 17.5. The second-order valence-electron chi connectivity index (χ2n) is 6.11. The first-order chi connectivity index (χ1) is 10.9. The Morgan fingerprint density at radius 1 is 1.17 bits per heavy atom. The minimum Gasteiger partial charge on any atom is -0.325 e. The van der Waals surface area contributed by atoms with Crippen LogP contribution in [0, 0.1) is 0 Å². The first-order valence-electron chi connectivity index (χ1n) is 7.86. The Hall–Kier alpha value is -1.82. The standard InChI is InChI=1S/C17H24N4OS/c1-11(2)14-8-6-7-9-15(14)19-16(22)13(5)23-17-20-18-10-21(17)12(3)4/h6-13H,1-5H3,(H,19,22). The highest BCUT2D eigenvalue weighted by Gasteiger charge is 2.20. The zero-order valence-electron chi connectivity index (χ0n) is 14.3. The average Bonchev–Trinajstić information content (AvgIpc) is 2.95. The molecule has 0 aliphatic heterocycles. The molecular weight excluding hydrogens is 308 g/mol. The van der Waals surface area contributed by atoms with Crippen molar-refractivity contribution in [3.8, 4) is 0 Å². The van der Waals surface area contributed by atoms with Crippen molar-refractivity contribution in [3.05, 3.63) is 36.2 Å². The van der Waals surface area contributed by atoms with Crippen LogP contribution in [0.4, 0.5) is 5.69 Å². The molecule has 1 aromatic heterocycles. The molecule has 0 saturated carbocycles. The number of hydrogen-bond acceptors (Lipinski definition) is 4. The molecule has 1 N–H and O–H groups in total.